The van der Waals surface area contributed by atoms with Crippen LogP contribution in [-0.2, 0) is 4.74 Å². The number of nitrogens with zero attached hydrogens (tertiary/aromatic N) is 1. The normalized spacial score (nSPS) is 11.2. The maximum Gasteiger partial charge on any atom is 0.338 e. The summed E-state index contributed by atoms with van der Waals surface area (Å²) in [5.41, 5.74) is 0.640. The number of carbonyl (C=O) groups excluding carboxylic acids is 3. The molecule has 1 atom stereocenters. The zero-order valence-electron chi connectivity index (χ0n) is 17.9. The zero-order chi connectivity index (χ0) is 24.0. The Morgan fingerprint density at radius 2 is 1.55 bits per heavy atom. The molecule has 3 rings (SSSR count). The van der Waals surface area contributed by atoms with Crippen molar-refractivity contribution in [2.24, 2.45) is 0 Å². The fourth-order valence-corrected chi connectivity index (χ4v) is 3.17. The number of rotatable bonds is 7. The SMILES string of the molecule is COC(=O)c1cc(C(=O)Nc2ccccc2C(=O)NC(C)c2ccccc2)cc([N+](=O)[O-])c1. The number of amides is 2. The lowest BCUT2D eigenvalue weighted by molar-refractivity contribution is -0.384. The summed E-state index contributed by atoms with van der Waals surface area (Å²) in [5.74, 6) is -1.95. The van der Waals surface area contributed by atoms with Gasteiger partial charge in [-0.15, -0.1) is 0 Å². The molecule has 168 valence electrons. The summed E-state index contributed by atoms with van der Waals surface area (Å²) in [7, 11) is 1.13. The second-order valence-electron chi connectivity index (χ2n) is 7.12. The van der Waals surface area contributed by atoms with Crippen molar-refractivity contribution >= 4 is 29.2 Å². The number of carbonyl (C=O) groups is 3. The molecule has 0 saturated heterocycles. The maximum atomic E-state index is 12.9. The van der Waals surface area contributed by atoms with Gasteiger partial charge in [0.05, 0.1) is 34.9 Å². The van der Waals surface area contributed by atoms with Crippen molar-refractivity contribution < 1.29 is 24.0 Å². The van der Waals surface area contributed by atoms with Crippen molar-refractivity contribution in [3.8, 4) is 0 Å². The molecular weight excluding hydrogens is 426 g/mol. The molecule has 1 unspecified atom stereocenters. The van der Waals surface area contributed by atoms with E-state index in [1.807, 2.05) is 37.3 Å². The third-order valence-electron chi connectivity index (χ3n) is 4.88. The van der Waals surface area contributed by atoms with E-state index >= 15 is 0 Å². The van der Waals surface area contributed by atoms with Crippen LogP contribution < -0.4 is 10.6 Å². The van der Waals surface area contributed by atoms with Gasteiger partial charge in [0, 0.05) is 17.7 Å². The topological polar surface area (TPSA) is 128 Å². The highest BCUT2D eigenvalue weighted by molar-refractivity contribution is 6.10. The van der Waals surface area contributed by atoms with Gasteiger partial charge in [0.25, 0.3) is 17.5 Å². The Bertz CT molecular complexity index is 1210. The molecule has 3 aromatic rings. The predicted molar refractivity (Wildman–Crippen MR) is 121 cm³/mol. The largest absolute Gasteiger partial charge is 0.465 e. The van der Waals surface area contributed by atoms with Gasteiger partial charge < -0.3 is 15.4 Å². The quantitative estimate of drug-likeness (QED) is 0.318. The Morgan fingerprint density at radius 1 is 0.909 bits per heavy atom. The van der Waals surface area contributed by atoms with Gasteiger partial charge in [-0.2, -0.15) is 0 Å². The van der Waals surface area contributed by atoms with Gasteiger partial charge in [-0.1, -0.05) is 42.5 Å². The maximum absolute atomic E-state index is 12.9. The van der Waals surface area contributed by atoms with Crippen LogP contribution >= 0.6 is 0 Å². The molecule has 0 aliphatic heterocycles. The van der Waals surface area contributed by atoms with Gasteiger partial charge in [-0.05, 0) is 30.7 Å². The van der Waals surface area contributed by atoms with Crippen LogP contribution in [0, 0.1) is 10.1 Å². The molecule has 0 spiro atoms. The number of ether oxygens (including phenoxy) is 1. The Balaban J connectivity index is 1.85. The number of nitrogens with one attached hydrogen (secondary N) is 2. The van der Waals surface area contributed by atoms with E-state index in [-0.39, 0.29) is 28.4 Å². The summed E-state index contributed by atoms with van der Waals surface area (Å²) < 4.78 is 4.60. The van der Waals surface area contributed by atoms with E-state index in [1.54, 1.807) is 24.3 Å². The van der Waals surface area contributed by atoms with Gasteiger partial charge in [-0.25, -0.2) is 4.79 Å². The second kappa shape index (κ2) is 10.2. The van der Waals surface area contributed by atoms with Crippen LogP contribution in [0.3, 0.4) is 0 Å². The van der Waals surface area contributed by atoms with Crippen LogP contribution in [0.1, 0.15) is 49.6 Å². The molecule has 0 aliphatic carbocycles. The summed E-state index contributed by atoms with van der Waals surface area (Å²) >= 11 is 0. The van der Waals surface area contributed by atoms with Crippen LogP contribution in [0.4, 0.5) is 11.4 Å². The smallest absolute Gasteiger partial charge is 0.338 e. The Hall–Kier alpha value is -4.53. The molecule has 2 N–H and O–H groups in total. The summed E-state index contributed by atoms with van der Waals surface area (Å²) in [6.07, 6.45) is 0. The number of nitro benzene ring substituents is 1. The summed E-state index contributed by atoms with van der Waals surface area (Å²) in [4.78, 5) is 48.1. The molecule has 3 aromatic carbocycles. The monoisotopic (exact) mass is 447 g/mol. The number of hydrogen-bond donors (Lipinski definition) is 2. The number of non-ortho nitro benzene ring substituents is 1. The predicted octanol–water partition coefficient (Wildman–Crippen LogP) is 4.12. The highest BCUT2D eigenvalue weighted by atomic mass is 16.6. The second-order valence-corrected chi connectivity index (χ2v) is 7.12. The fraction of sp³-hybridized carbons (Fsp3) is 0.125. The van der Waals surface area contributed by atoms with Crippen LogP contribution in [0.2, 0.25) is 0 Å². The molecule has 0 radical (unpaired) electrons. The average molecular weight is 447 g/mol. The first kappa shape index (κ1) is 23.1. The van der Waals surface area contributed by atoms with E-state index in [1.165, 1.54) is 6.07 Å². The number of nitro groups is 1. The minimum absolute atomic E-state index is 0.127. The lowest BCUT2D eigenvalue weighted by Gasteiger charge is -2.16. The van der Waals surface area contributed by atoms with Gasteiger partial charge >= 0.3 is 5.97 Å². The first-order chi connectivity index (χ1) is 15.8. The molecular formula is C24H21N3O6. The van der Waals surface area contributed by atoms with Gasteiger partial charge in [0.2, 0.25) is 0 Å². The van der Waals surface area contributed by atoms with E-state index in [0.29, 0.717) is 0 Å². The van der Waals surface area contributed by atoms with E-state index in [4.69, 9.17) is 0 Å². The van der Waals surface area contributed by atoms with Crippen molar-refractivity contribution in [2.75, 3.05) is 12.4 Å². The number of esters is 1. The van der Waals surface area contributed by atoms with E-state index < -0.39 is 28.4 Å². The number of methoxy groups -OCH3 is 1. The molecule has 0 heterocycles. The summed E-state index contributed by atoms with van der Waals surface area (Å²) in [5, 5.41) is 16.7. The zero-order valence-corrected chi connectivity index (χ0v) is 17.9. The number of anilines is 1. The Morgan fingerprint density at radius 3 is 2.21 bits per heavy atom. The van der Waals surface area contributed by atoms with Crippen LogP contribution in [0.15, 0.2) is 72.8 Å². The summed E-state index contributed by atoms with van der Waals surface area (Å²) in [6.45, 7) is 1.84. The molecule has 0 aromatic heterocycles. The summed E-state index contributed by atoms with van der Waals surface area (Å²) in [6, 6.07) is 18.8. The average Bonchev–Trinajstić information content (AvgIpc) is 2.83. The molecule has 2 amide bonds. The molecule has 0 fully saturated rings. The van der Waals surface area contributed by atoms with E-state index in [2.05, 4.69) is 15.4 Å². The molecule has 9 nitrogen and oxygen atoms in total. The third kappa shape index (κ3) is 5.59. The van der Waals surface area contributed by atoms with Gasteiger partial charge in [0.1, 0.15) is 0 Å². The lowest BCUT2D eigenvalue weighted by Crippen LogP contribution is -2.28. The van der Waals surface area contributed by atoms with Crippen molar-refractivity contribution in [1.82, 2.24) is 5.32 Å². The van der Waals surface area contributed by atoms with Crippen LogP contribution in [-0.4, -0.2) is 29.8 Å². The Kier molecular flexibility index (Phi) is 7.14. The number of benzene rings is 3. The third-order valence-corrected chi connectivity index (χ3v) is 4.88. The van der Waals surface area contributed by atoms with E-state index in [0.717, 1.165) is 24.8 Å². The minimum atomic E-state index is -0.817. The molecule has 33 heavy (non-hydrogen) atoms. The lowest BCUT2D eigenvalue weighted by atomic mass is 10.1. The number of para-hydroxylation sites is 1. The van der Waals surface area contributed by atoms with Gasteiger partial charge in [0.15, 0.2) is 0 Å². The molecule has 9 heteroatoms. The van der Waals surface area contributed by atoms with Gasteiger partial charge in [-0.3, -0.25) is 19.7 Å². The van der Waals surface area contributed by atoms with Crippen molar-refractivity contribution in [3.63, 3.8) is 0 Å². The fourth-order valence-electron chi connectivity index (χ4n) is 3.17. The molecule has 0 bridgehead atoms. The molecule has 0 aliphatic rings. The first-order valence-electron chi connectivity index (χ1n) is 9.94. The highest BCUT2D eigenvalue weighted by Gasteiger charge is 2.20. The number of hydrogen-bond acceptors (Lipinski definition) is 6. The van der Waals surface area contributed by atoms with Crippen LogP contribution in [0.5, 0.6) is 0 Å². The standard InChI is InChI=1S/C24H21N3O6/c1-15(16-8-4-3-5-9-16)25-23(29)20-10-6-7-11-21(20)26-22(28)17-12-18(24(30)33-2)14-19(13-17)27(31)32/h3-15H,1-2H3,(H,25,29)(H,26,28). The first-order valence-corrected chi connectivity index (χ1v) is 9.94. The van der Waals surface area contributed by atoms with Crippen molar-refractivity contribution in [3.05, 3.63) is 105 Å². The highest BCUT2D eigenvalue weighted by Crippen LogP contribution is 2.22. The van der Waals surface area contributed by atoms with Crippen LogP contribution in [0.25, 0.3) is 0 Å². The molecule has 0 saturated carbocycles. The van der Waals surface area contributed by atoms with Crippen molar-refractivity contribution in [2.45, 2.75) is 13.0 Å². The Labute approximate surface area is 189 Å². The van der Waals surface area contributed by atoms with E-state index in [9.17, 15) is 24.5 Å². The van der Waals surface area contributed by atoms with Crippen molar-refractivity contribution in [1.29, 1.82) is 0 Å². The minimum Gasteiger partial charge on any atom is -0.465 e.